The van der Waals surface area contributed by atoms with Crippen LogP contribution < -0.4 is 4.90 Å². The summed E-state index contributed by atoms with van der Waals surface area (Å²) in [6.07, 6.45) is -0.921. The van der Waals surface area contributed by atoms with E-state index in [1.165, 1.54) is 38.4 Å². The van der Waals surface area contributed by atoms with Crippen LogP contribution in [0, 0.1) is 11.8 Å². The molecule has 2 aromatic carbocycles. The van der Waals surface area contributed by atoms with Crippen molar-refractivity contribution in [3.63, 3.8) is 0 Å². The standard InChI is InChI=1S/C22H27FN4O4S2/c1-15-13-26(14-16(2)21(15)23)22-19-7-5-6-8-20(19)27(24-22)33(30,31)18-11-9-17(10-12-18)32(28,29)25(3)4/h5-12,15-16,21H,13-14H2,1-4H3/t15-,16+,21?. The molecule has 1 saturated heterocycles. The van der Waals surface area contributed by atoms with Crippen LogP contribution in [0.3, 0.4) is 0 Å². The predicted octanol–water partition coefficient (Wildman–Crippen LogP) is 2.95. The molecular formula is C22H27FN4O4S2. The summed E-state index contributed by atoms with van der Waals surface area (Å²) in [4.78, 5) is 1.85. The number of sulfonamides is 1. The highest BCUT2D eigenvalue weighted by molar-refractivity contribution is 7.90. The molecule has 3 aromatic rings. The Hall–Kier alpha value is -2.50. The monoisotopic (exact) mass is 494 g/mol. The Balaban J connectivity index is 1.79. The third-order valence-electron chi connectivity index (χ3n) is 6.07. The van der Waals surface area contributed by atoms with Gasteiger partial charge in [-0.3, -0.25) is 0 Å². The molecule has 1 unspecified atom stereocenters. The summed E-state index contributed by atoms with van der Waals surface area (Å²) in [5.41, 5.74) is 0.403. The maximum atomic E-state index is 14.4. The van der Waals surface area contributed by atoms with Crippen LogP contribution in [0.5, 0.6) is 0 Å². The van der Waals surface area contributed by atoms with Gasteiger partial charge in [0.05, 0.1) is 15.3 Å². The molecular weight excluding hydrogens is 467 g/mol. The Morgan fingerprint density at radius 3 is 2.03 bits per heavy atom. The average Bonchev–Trinajstić information content (AvgIpc) is 3.17. The molecule has 1 aliphatic rings. The number of aromatic nitrogens is 2. The van der Waals surface area contributed by atoms with Gasteiger partial charge in [0.1, 0.15) is 6.17 Å². The van der Waals surface area contributed by atoms with E-state index in [0.29, 0.717) is 29.8 Å². The Morgan fingerprint density at radius 1 is 0.909 bits per heavy atom. The molecule has 0 radical (unpaired) electrons. The molecule has 8 nitrogen and oxygen atoms in total. The van der Waals surface area contributed by atoms with Gasteiger partial charge in [-0.2, -0.15) is 12.5 Å². The van der Waals surface area contributed by atoms with Gasteiger partial charge in [0, 0.05) is 44.4 Å². The molecule has 2 heterocycles. The maximum absolute atomic E-state index is 14.4. The summed E-state index contributed by atoms with van der Waals surface area (Å²) in [5.74, 6) is 0.0764. The molecule has 0 saturated carbocycles. The first-order valence-corrected chi connectivity index (χ1v) is 13.5. The van der Waals surface area contributed by atoms with Crippen molar-refractivity contribution in [1.29, 1.82) is 0 Å². The Morgan fingerprint density at radius 2 is 1.45 bits per heavy atom. The number of hydrogen-bond donors (Lipinski definition) is 0. The SMILES string of the molecule is C[C@@H]1CN(c2nn(S(=O)(=O)c3ccc(S(=O)(=O)N(C)C)cc3)c3ccccc23)C[C@H](C)C1F. The third-order valence-corrected chi connectivity index (χ3v) is 9.50. The summed E-state index contributed by atoms with van der Waals surface area (Å²) in [7, 11) is -4.98. The zero-order valence-corrected chi connectivity index (χ0v) is 20.5. The van der Waals surface area contributed by atoms with E-state index in [1.54, 1.807) is 24.3 Å². The fourth-order valence-corrected chi connectivity index (χ4v) is 6.42. The van der Waals surface area contributed by atoms with Crippen molar-refractivity contribution in [2.24, 2.45) is 11.8 Å². The van der Waals surface area contributed by atoms with E-state index < -0.39 is 26.2 Å². The molecule has 0 bridgehead atoms. The molecule has 0 N–H and O–H groups in total. The molecule has 0 aliphatic carbocycles. The fourth-order valence-electron chi connectivity index (χ4n) is 4.24. The number of para-hydroxylation sites is 1. The minimum atomic E-state index is -4.11. The molecule has 11 heteroatoms. The fraction of sp³-hybridized carbons (Fsp3) is 0.409. The highest BCUT2D eigenvalue weighted by Gasteiger charge is 2.34. The van der Waals surface area contributed by atoms with E-state index >= 15 is 0 Å². The van der Waals surface area contributed by atoms with E-state index in [9.17, 15) is 21.2 Å². The molecule has 0 amide bonds. The van der Waals surface area contributed by atoms with E-state index in [0.717, 1.165) is 8.39 Å². The summed E-state index contributed by atoms with van der Waals surface area (Å²) in [5, 5.41) is 5.12. The zero-order chi connectivity index (χ0) is 24.1. The maximum Gasteiger partial charge on any atom is 0.283 e. The lowest BCUT2D eigenvalue weighted by atomic mass is 9.89. The number of rotatable bonds is 5. The highest BCUT2D eigenvalue weighted by Crippen LogP contribution is 2.34. The Kier molecular flexibility index (Phi) is 6.00. The van der Waals surface area contributed by atoms with Gasteiger partial charge in [0.15, 0.2) is 5.82 Å². The Labute approximate surface area is 193 Å². The van der Waals surface area contributed by atoms with Crippen LogP contribution in [0.15, 0.2) is 58.3 Å². The van der Waals surface area contributed by atoms with Crippen LogP contribution in [0.2, 0.25) is 0 Å². The number of alkyl halides is 1. The van der Waals surface area contributed by atoms with Gasteiger partial charge in [-0.15, -0.1) is 5.10 Å². The molecule has 1 aliphatic heterocycles. The minimum absolute atomic E-state index is 0.00506. The van der Waals surface area contributed by atoms with Gasteiger partial charge in [-0.05, 0) is 36.4 Å². The topological polar surface area (TPSA) is 92.6 Å². The largest absolute Gasteiger partial charge is 0.354 e. The van der Waals surface area contributed by atoms with Crippen LogP contribution in [0.25, 0.3) is 10.9 Å². The van der Waals surface area contributed by atoms with Gasteiger partial charge >= 0.3 is 0 Å². The van der Waals surface area contributed by atoms with E-state index in [-0.39, 0.29) is 21.6 Å². The highest BCUT2D eigenvalue weighted by atomic mass is 32.2. The van der Waals surface area contributed by atoms with Crippen molar-refractivity contribution in [3.05, 3.63) is 48.5 Å². The lowest BCUT2D eigenvalue weighted by molar-refractivity contribution is 0.148. The summed E-state index contributed by atoms with van der Waals surface area (Å²) in [6.45, 7) is 4.55. The summed E-state index contributed by atoms with van der Waals surface area (Å²) >= 11 is 0. The van der Waals surface area contributed by atoms with Crippen LogP contribution in [0.4, 0.5) is 10.2 Å². The van der Waals surface area contributed by atoms with Crippen LogP contribution >= 0.6 is 0 Å². The van der Waals surface area contributed by atoms with E-state index in [4.69, 9.17) is 0 Å². The molecule has 1 fully saturated rings. The normalized spacial score (nSPS) is 22.2. The van der Waals surface area contributed by atoms with Crippen molar-refractivity contribution in [2.45, 2.75) is 29.8 Å². The van der Waals surface area contributed by atoms with E-state index in [1.807, 2.05) is 18.7 Å². The van der Waals surface area contributed by atoms with Crippen molar-refractivity contribution in [3.8, 4) is 0 Å². The number of halogens is 1. The quantitative estimate of drug-likeness (QED) is 0.542. The van der Waals surface area contributed by atoms with Crippen molar-refractivity contribution < 1.29 is 21.2 Å². The zero-order valence-electron chi connectivity index (χ0n) is 18.9. The summed E-state index contributed by atoms with van der Waals surface area (Å²) in [6, 6.07) is 12.1. The second kappa shape index (κ2) is 8.37. The van der Waals surface area contributed by atoms with Crippen molar-refractivity contribution in [1.82, 2.24) is 13.5 Å². The van der Waals surface area contributed by atoms with Gasteiger partial charge in [0.25, 0.3) is 10.0 Å². The first kappa shape index (κ1) is 23.7. The van der Waals surface area contributed by atoms with Gasteiger partial charge in [-0.25, -0.2) is 17.1 Å². The van der Waals surface area contributed by atoms with Crippen LogP contribution in [-0.4, -0.2) is 63.7 Å². The number of hydrogen-bond acceptors (Lipinski definition) is 6. The first-order chi connectivity index (χ1) is 15.4. The van der Waals surface area contributed by atoms with Gasteiger partial charge in [-0.1, -0.05) is 26.0 Å². The van der Waals surface area contributed by atoms with Crippen molar-refractivity contribution in [2.75, 3.05) is 32.1 Å². The van der Waals surface area contributed by atoms with Gasteiger partial charge < -0.3 is 4.90 Å². The predicted molar refractivity (Wildman–Crippen MR) is 125 cm³/mol. The van der Waals surface area contributed by atoms with E-state index in [2.05, 4.69) is 5.10 Å². The number of nitrogens with zero attached hydrogens (tertiary/aromatic N) is 4. The molecule has 1 aromatic heterocycles. The smallest absolute Gasteiger partial charge is 0.283 e. The number of benzene rings is 2. The molecule has 4 rings (SSSR count). The number of anilines is 1. The van der Waals surface area contributed by atoms with Crippen LogP contribution in [-0.2, 0) is 20.0 Å². The second-order valence-electron chi connectivity index (χ2n) is 8.75. The third kappa shape index (κ3) is 4.02. The first-order valence-electron chi connectivity index (χ1n) is 10.6. The number of piperidine rings is 1. The number of fused-ring (bicyclic) bond motifs is 1. The average molecular weight is 495 g/mol. The molecule has 0 spiro atoms. The lowest BCUT2D eigenvalue weighted by Crippen LogP contribution is -2.46. The summed E-state index contributed by atoms with van der Waals surface area (Å²) < 4.78 is 68.0. The van der Waals surface area contributed by atoms with Gasteiger partial charge in [0.2, 0.25) is 10.0 Å². The second-order valence-corrected chi connectivity index (χ2v) is 12.7. The lowest BCUT2D eigenvalue weighted by Gasteiger charge is -2.37. The molecule has 3 atom stereocenters. The minimum Gasteiger partial charge on any atom is -0.354 e. The molecule has 33 heavy (non-hydrogen) atoms. The van der Waals surface area contributed by atoms with Crippen LogP contribution in [0.1, 0.15) is 13.8 Å². The van der Waals surface area contributed by atoms with Crippen molar-refractivity contribution >= 4 is 36.8 Å². The molecule has 178 valence electrons. The Bertz CT molecular complexity index is 1370.